The summed E-state index contributed by atoms with van der Waals surface area (Å²) in [6.07, 6.45) is 2.41. The number of rotatable bonds is 6. The molecule has 0 aliphatic heterocycles. The standard InChI is InChI=1S/C8H14N4O4S2/c1-17(13,14)6-5-11-18(15,16)7-3-2-4-10-8(7)12-9/h2-4,11H,5-6,9H2,1H3,(H,10,12). The fraction of sp³-hybridized carbons (Fsp3) is 0.375. The van der Waals surface area contributed by atoms with Crippen LogP contribution in [-0.2, 0) is 19.9 Å². The Labute approximate surface area is 106 Å². The first-order valence-corrected chi connectivity index (χ1v) is 8.39. The van der Waals surface area contributed by atoms with E-state index >= 15 is 0 Å². The minimum atomic E-state index is -3.84. The molecule has 0 saturated carbocycles. The average Bonchev–Trinajstić information content (AvgIpc) is 2.27. The molecule has 0 spiro atoms. The molecule has 18 heavy (non-hydrogen) atoms. The van der Waals surface area contributed by atoms with E-state index in [-0.39, 0.29) is 23.0 Å². The van der Waals surface area contributed by atoms with Crippen LogP contribution in [0.25, 0.3) is 0 Å². The predicted molar refractivity (Wildman–Crippen MR) is 66.9 cm³/mol. The second kappa shape index (κ2) is 5.61. The van der Waals surface area contributed by atoms with Crippen molar-refractivity contribution in [3.8, 4) is 0 Å². The molecule has 0 amide bonds. The van der Waals surface area contributed by atoms with Crippen molar-refractivity contribution in [2.24, 2.45) is 5.84 Å². The van der Waals surface area contributed by atoms with Crippen molar-refractivity contribution < 1.29 is 16.8 Å². The number of nitrogens with one attached hydrogen (secondary N) is 2. The first-order chi connectivity index (χ1) is 8.26. The smallest absolute Gasteiger partial charge is 0.244 e. The van der Waals surface area contributed by atoms with Crippen LogP contribution in [0.15, 0.2) is 23.2 Å². The molecule has 1 heterocycles. The molecule has 0 bridgehead atoms. The number of hydrogen-bond donors (Lipinski definition) is 3. The molecule has 10 heteroatoms. The SMILES string of the molecule is CS(=O)(=O)CCNS(=O)(=O)c1cccnc1NN. The molecule has 1 rings (SSSR count). The topological polar surface area (TPSA) is 131 Å². The largest absolute Gasteiger partial charge is 0.307 e. The molecule has 8 nitrogen and oxygen atoms in total. The second-order valence-electron chi connectivity index (χ2n) is 3.52. The Bertz CT molecular complexity index is 612. The zero-order valence-electron chi connectivity index (χ0n) is 9.62. The summed E-state index contributed by atoms with van der Waals surface area (Å²) in [5, 5.41) is 0. The van der Waals surface area contributed by atoms with Gasteiger partial charge in [0, 0.05) is 19.0 Å². The number of aromatic nitrogens is 1. The van der Waals surface area contributed by atoms with Gasteiger partial charge in [0.25, 0.3) is 0 Å². The van der Waals surface area contributed by atoms with Gasteiger partial charge in [0.05, 0.1) is 5.75 Å². The Morgan fingerprint density at radius 1 is 1.33 bits per heavy atom. The highest BCUT2D eigenvalue weighted by molar-refractivity contribution is 7.91. The quantitative estimate of drug-likeness (QED) is 0.438. The van der Waals surface area contributed by atoms with Crippen LogP contribution in [0.2, 0.25) is 0 Å². The lowest BCUT2D eigenvalue weighted by atomic mass is 10.5. The summed E-state index contributed by atoms with van der Waals surface area (Å²) in [6.45, 7) is -0.208. The molecular weight excluding hydrogens is 280 g/mol. The highest BCUT2D eigenvalue weighted by Gasteiger charge is 2.19. The first-order valence-electron chi connectivity index (χ1n) is 4.85. The van der Waals surface area contributed by atoms with E-state index < -0.39 is 19.9 Å². The third-order valence-electron chi connectivity index (χ3n) is 1.96. The van der Waals surface area contributed by atoms with Gasteiger partial charge in [-0.15, -0.1) is 0 Å². The Morgan fingerprint density at radius 3 is 2.56 bits per heavy atom. The maximum Gasteiger partial charge on any atom is 0.244 e. The number of hydrogen-bond acceptors (Lipinski definition) is 7. The van der Waals surface area contributed by atoms with Crippen molar-refractivity contribution >= 4 is 25.7 Å². The third kappa shape index (κ3) is 4.22. The lowest BCUT2D eigenvalue weighted by Crippen LogP contribution is -2.30. The Kier molecular flexibility index (Phi) is 4.62. The molecule has 0 saturated heterocycles. The molecule has 0 unspecified atom stereocenters. The van der Waals surface area contributed by atoms with Crippen LogP contribution >= 0.6 is 0 Å². The van der Waals surface area contributed by atoms with Gasteiger partial charge in [0.1, 0.15) is 14.7 Å². The van der Waals surface area contributed by atoms with Gasteiger partial charge in [0.2, 0.25) is 10.0 Å². The summed E-state index contributed by atoms with van der Waals surface area (Å²) in [7, 11) is -7.07. The number of nitrogen functional groups attached to an aromatic ring is 1. The summed E-state index contributed by atoms with van der Waals surface area (Å²) < 4.78 is 47.7. The molecule has 0 atom stereocenters. The summed E-state index contributed by atoms with van der Waals surface area (Å²) in [4.78, 5) is 3.61. The molecule has 102 valence electrons. The van der Waals surface area contributed by atoms with E-state index in [1.807, 2.05) is 0 Å². The molecule has 1 aromatic rings. The predicted octanol–water partition coefficient (Wildman–Crippen LogP) is -1.31. The lowest BCUT2D eigenvalue weighted by Gasteiger charge is -2.09. The van der Waals surface area contributed by atoms with E-state index in [1.54, 1.807) is 0 Å². The molecule has 0 aliphatic rings. The molecule has 4 N–H and O–H groups in total. The number of sulfone groups is 1. The van der Waals surface area contributed by atoms with Crippen LogP contribution in [0.4, 0.5) is 5.82 Å². The highest BCUT2D eigenvalue weighted by Crippen LogP contribution is 2.16. The zero-order valence-corrected chi connectivity index (χ0v) is 11.3. The molecule has 0 radical (unpaired) electrons. The van der Waals surface area contributed by atoms with Crippen LogP contribution in [0.1, 0.15) is 0 Å². The van der Waals surface area contributed by atoms with E-state index in [0.717, 1.165) is 6.26 Å². The van der Waals surface area contributed by atoms with Crippen LogP contribution in [0.5, 0.6) is 0 Å². The molecular formula is C8H14N4O4S2. The van der Waals surface area contributed by atoms with Crippen molar-refractivity contribution in [3.05, 3.63) is 18.3 Å². The van der Waals surface area contributed by atoms with E-state index in [0.29, 0.717) is 0 Å². The first kappa shape index (κ1) is 14.8. The Hall–Kier alpha value is -1.23. The van der Waals surface area contributed by atoms with Crippen molar-refractivity contribution in [2.75, 3.05) is 24.0 Å². The van der Waals surface area contributed by atoms with E-state index in [9.17, 15) is 16.8 Å². The number of nitrogens with zero attached hydrogens (tertiary/aromatic N) is 1. The minimum Gasteiger partial charge on any atom is -0.307 e. The highest BCUT2D eigenvalue weighted by atomic mass is 32.2. The van der Waals surface area contributed by atoms with Gasteiger partial charge in [-0.1, -0.05) is 0 Å². The van der Waals surface area contributed by atoms with E-state index in [4.69, 9.17) is 5.84 Å². The normalized spacial score (nSPS) is 12.3. The molecule has 0 fully saturated rings. The van der Waals surface area contributed by atoms with Crippen LogP contribution in [0.3, 0.4) is 0 Å². The van der Waals surface area contributed by atoms with E-state index in [1.165, 1.54) is 18.3 Å². The fourth-order valence-electron chi connectivity index (χ4n) is 1.15. The summed E-state index contributed by atoms with van der Waals surface area (Å²) >= 11 is 0. The average molecular weight is 294 g/mol. The second-order valence-corrected chi connectivity index (χ2v) is 7.52. The van der Waals surface area contributed by atoms with Gasteiger partial charge < -0.3 is 5.43 Å². The van der Waals surface area contributed by atoms with Crippen molar-refractivity contribution in [3.63, 3.8) is 0 Å². The number of anilines is 1. The monoisotopic (exact) mass is 294 g/mol. The number of sulfonamides is 1. The van der Waals surface area contributed by atoms with Crippen molar-refractivity contribution in [1.29, 1.82) is 0 Å². The fourth-order valence-corrected chi connectivity index (χ4v) is 2.91. The van der Waals surface area contributed by atoms with Gasteiger partial charge in [-0.2, -0.15) is 0 Å². The molecule has 0 aliphatic carbocycles. The molecule has 0 aromatic carbocycles. The maximum atomic E-state index is 11.9. The number of hydrazine groups is 1. The van der Waals surface area contributed by atoms with Crippen LogP contribution < -0.4 is 16.0 Å². The van der Waals surface area contributed by atoms with Crippen LogP contribution in [-0.4, -0.2) is 40.4 Å². The number of nitrogens with two attached hydrogens (primary N) is 1. The molecule has 1 aromatic heterocycles. The third-order valence-corrected chi connectivity index (χ3v) is 4.40. The van der Waals surface area contributed by atoms with Gasteiger partial charge in [0.15, 0.2) is 5.82 Å². The van der Waals surface area contributed by atoms with Crippen LogP contribution in [0, 0.1) is 0 Å². The summed E-state index contributed by atoms with van der Waals surface area (Å²) in [6, 6.07) is 2.75. The summed E-state index contributed by atoms with van der Waals surface area (Å²) in [5.41, 5.74) is 2.16. The van der Waals surface area contributed by atoms with Crippen molar-refractivity contribution in [1.82, 2.24) is 9.71 Å². The van der Waals surface area contributed by atoms with Gasteiger partial charge in [-0.25, -0.2) is 32.4 Å². The maximum absolute atomic E-state index is 11.9. The van der Waals surface area contributed by atoms with E-state index in [2.05, 4.69) is 15.1 Å². The van der Waals surface area contributed by atoms with Crippen molar-refractivity contribution in [2.45, 2.75) is 4.90 Å². The van der Waals surface area contributed by atoms with Gasteiger partial charge >= 0.3 is 0 Å². The summed E-state index contributed by atoms with van der Waals surface area (Å²) in [5.74, 6) is 4.85. The number of pyridine rings is 1. The Balaban J connectivity index is 2.87. The Morgan fingerprint density at radius 2 is 2.00 bits per heavy atom. The van der Waals surface area contributed by atoms with Gasteiger partial charge in [-0.05, 0) is 12.1 Å². The zero-order chi connectivity index (χ0) is 13.8. The van der Waals surface area contributed by atoms with Gasteiger partial charge in [-0.3, -0.25) is 0 Å². The minimum absolute atomic E-state index is 0.00986. The lowest BCUT2D eigenvalue weighted by molar-refractivity contribution is 0.582.